The predicted octanol–water partition coefficient (Wildman–Crippen LogP) is 2.22. The molecule has 1 aromatic rings. The average Bonchev–Trinajstić information content (AvgIpc) is 3.19. The minimum atomic E-state index is -0.283. The van der Waals surface area contributed by atoms with Crippen LogP contribution in [0.2, 0.25) is 0 Å². The highest BCUT2D eigenvalue weighted by Crippen LogP contribution is 2.30. The Balaban J connectivity index is 1.71. The van der Waals surface area contributed by atoms with E-state index in [9.17, 15) is 14.7 Å². The zero-order valence-corrected chi connectivity index (χ0v) is 14.5. The fourth-order valence-corrected chi connectivity index (χ4v) is 3.87. The number of rotatable bonds is 4. The number of fused-ring (bicyclic) bond motifs is 1. The van der Waals surface area contributed by atoms with Gasteiger partial charge in [0.2, 0.25) is 5.91 Å². The number of carbonyl (C=O) groups is 2. The molecule has 1 aromatic carbocycles. The molecular weight excluding hydrogens is 304 g/mol. The van der Waals surface area contributed by atoms with Crippen molar-refractivity contribution in [1.29, 1.82) is 0 Å². The maximum Gasteiger partial charge on any atom is 0.253 e. The summed E-state index contributed by atoms with van der Waals surface area (Å²) >= 11 is 0. The van der Waals surface area contributed by atoms with Gasteiger partial charge in [-0.05, 0) is 43.0 Å². The van der Waals surface area contributed by atoms with Gasteiger partial charge in [-0.15, -0.1) is 0 Å². The molecule has 1 heterocycles. The first-order valence-corrected chi connectivity index (χ1v) is 8.88. The summed E-state index contributed by atoms with van der Waals surface area (Å²) in [6.45, 7) is 3.16. The van der Waals surface area contributed by atoms with Crippen LogP contribution in [0.5, 0.6) is 0 Å². The monoisotopic (exact) mass is 330 g/mol. The Labute approximate surface area is 143 Å². The van der Waals surface area contributed by atoms with Crippen molar-refractivity contribution in [1.82, 2.24) is 4.90 Å². The number of nitrogens with zero attached hydrogens (tertiary/aromatic N) is 2. The zero-order valence-electron chi connectivity index (χ0n) is 14.5. The average molecular weight is 330 g/mol. The van der Waals surface area contributed by atoms with E-state index in [0.717, 1.165) is 36.9 Å². The molecule has 5 nitrogen and oxygen atoms in total. The lowest BCUT2D eigenvalue weighted by atomic mass is 10.0. The van der Waals surface area contributed by atoms with Crippen LogP contribution in [0.25, 0.3) is 0 Å². The van der Waals surface area contributed by atoms with Gasteiger partial charge in [0.05, 0.1) is 6.10 Å². The smallest absolute Gasteiger partial charge is 0.253 e. The minimum Gasteiger partial charge on any atom is -0.393 e. The molecule has 1 saturated carbocycles. The maximum atomic E-state index is 12.7. The van der Waals surface area contributed by atoms with E-state index in [1.54, 1.807) is 11.9 Å². The van der Waals surface area contributed by atoms with E-state index in [-0.39, 0.29) is 23.8 Å². The third-order valence-electron chi connectivity index (χ3n) is 5.30. The van der Waals surface area contributed by atoms with Crippen molar-refractivity contribution in [2.75, 3.05) is 25.0 Å². The van der Waals surface area contributed by atoms with Crippen LogP contribution in [0.3, 0.4) is 0 Å². The van der Waals surface area contributed by atoms with E-state index < -0.39 is 0 Å². The van der Waals surface area contributed by atoms with Crippen molar-refractivity contribution in [3.05, 3.63) is 29.3 Å². The SMILES string of the molecule is CCC(=O)N1CCc2cc(C(=O)N(C)CC3CCCC3O)ccc21. The summed E-state index contributed by atoms with van der Waals surface area (Å²) in [5.41, 5.74) is 2.67. The van der Waals surface area contributed by atoms with E-state index >= 15 is 0 Å². The normalized spacial score (nSPS) is 22.5. The van der Waals surface area contributed by atoms with Gasteiger partial charge in [0.15, 0.2) is 0 Å². The Bertz CT molecular complexity index is 643. The fraction of sp³-hybridized carbons (Fsp3) is 0.579. The highest BCUT2D eigenvalue weighted by Gasteiger charge is 2.29. The Morgan fingerprint density at radius 2 is 2.12 bits per heavy atom. The van der Waals surface area contributed by atoms with Gasteiger partial charge in [-0.25, -0.2) is 0 Å². The molecule has 1 aliphatic heterocycles. The quantitative estimate of drug-likeness (QED) is 0.921. The molecule has 2 atom stereocenters. The van der Waals surface area contributed by atoms with Gasteiger partial charge in [0.25, 0.3) is 5.91 Å². The summed E-state index contributed by atoms with van der Waals surface area (Å²) < 4.78 is 0. The van der Waals surface area contributed by atoms with E-state index in [0.29, 0.717) is 25.1 Å². The number of anilines is 1. The number of aliphatic hydroxyl groups excluding tert-OH is 1. The van der Waals surface area contributed by atoms with Gasteiger partial charge in [-0.2, -0.15) is 0 Å². The van der Waals surface area contributed by atoms with Crippen LogP contribution < -0.4 is 4.90 Å². The lowest BCUT2D eigenvalue weighted by molar-refractivity contribution is -0.118. The number of aliphatic hydroxyl groups is 1. The number of hydrogen-bond acceptors (Lipinski definition) is 3. The number of benzene rings is 1. The van der Waals surface area contributed by atoms with Crippen molar-refractivity contribution < 1.29 is 14.7 Å². The molecule has 3 rings (SSSR count). The lowest BCUT2D eigenvalue weighted by Gasteiger charge is -2.23. The molecule has 0 aromatic heterocycles. The van der Waals surface area contributed by atoms with Crippen LogP contribution >= 0.6 is 0 Å². The molecule has 0 spiro atoms. The van der Waals surface area contributed by atoms with Gasteiger partial charge in [0, 0.05) is 43.7 Å². The van der Waals surface area contributed by atoms with Gasteiger partial charge < -0.3 is 14.9 Å². The number of hydrogen-bond donors (Lipinski definition) is 1. The molecule has 0 saturated heterocycles. The van der Waals surface area contributed by atoms with Crippen LogP contribution in [-0.2, 0) is 11.2 Å². The Kier molecular flexibility index (Phi) is 4.90. The maximum absolute atomic E-state index is 12.7. The van der Waals surface area contributed by atoms with E-state index in [1.165, 1.54) is 0 Å². The van der Waals surface area contributed by atoms with Crippen LogP contribution in [0.1, 0.15) is 48.5 Å². The highest BCUT2D eigenvalue weighted by atomic mass is 16.3. The molecule has 2 aliphatic rings. The van der Waals surface area contributed by atoms with Crippen molar-refractivity contribution in [2.45, 2.75) is 45.1 Å². The fourth-order valence-electron chi connectivity index (χ4n) is 3.87. The number of amides is 2. The van der Waals surface area contributed by atoms with E-state index in [4.69, 9.17) is 0 Å². The van der Waals surface area contributed by atoms with Crippen molar-refractivity contribution in [3.63, 3.8) is 0 Å². The van der Waals surface area contributed by atoms with Gasteiger partial charge in [-0.3, -0.25) is 9.59 Å². The van der Waals surface area contributed by atoms with E-state index in [2.05, 4.69) is 0 Å². The van der Waals surface area contributed by atoms with Crippen LogP contribution in [0, 0.1) is 5.92 Å². The largest absolute Gasteiger partial charge is 0.393 e. The van der Waals surface area contributed by atoms with Gasteiger partial charge in [-0.1, -0.05) is 13.3 Å². The van der Waals surface area contributed by atoms with E-state index in [1.807, 2.05) is 30.0 Å². The molecule has 2 amide bonds. The van der Waals surface area contributed by atoms with Crippen LogP contribution in [0.15, 0.2) is 18.2 Å². The second-order valence-electron chi connectivity index (χ2n) is 6.94. The first-order valence-electron chi connectivity index (χ1n) is 8.88. The second-order valence-corrected chi connectivity index (χ2v) is 6.94. The van der Waals surface area contributed by atoms with Crippen molar-refractivity contribution >= 4 is 17.5 Å². The molecule has 0 radical (unpaired) electrons. The molecule has 1 aliphatic carbocycles. The summed E-state index contributed by atoms with van der Waals surface area (Å²) in [6, 6.07) is 5.62. The highest BCUT2D eigenvalue weighted by molar-refractivity contribution is 5.98. The van der Waals surface area contributed by atoms with Gasteiger partial charge >= 0.3 is 0 Å². The lowest BCUT2D eigenvalue weighted by Crippen LogP contribution is -2.34. The standard InChI is InChI=1S/C19H26N2O3/c1-3-18(23)21-10-9-13-11-14(7-8-16(13)21)19(24)20(2)12-15-5-4-6-17(15)22/h7-8,11,15,17,22H,3-6,9-10,12H2,1-2H3. The molecule has 24 heavy (non-hydrogen) atoms. The zero-order chi connectivity index (χ0) is 17.3. The first-order chi connectivity index (χ1) is 11.5. The minimum absolute atomic E-state index is 0.0165. The third-order valence-corrected chi connectivity index (χ3v) is 5.30. The summed E-state index contributed by atoms with van der Waals surface area (Å²) in [5, 5.41) is 9.95. The summed E-state index contributed by atoms with van der Waals surface area (Å²) in [5.74, 6) is 0.295. The molecule has 2 unspecified atom stereocenters. The molecule has 1 fully saturated rings. The molecule has 5 heteroatoms. The summed E-state index contributed by atoms with van der Waals surface area (Å²) in [4.78, 5) is 28.2. The summed E-state index contributed by atoms with van der Waals surface area (Å²) in [7, 11) is 1.80. The molecular formula is C19H26N2O3. The molecule has 130 valence electrons. The topological polar surface area (TPSA) is 60.9 Å². The van der Waals surface area contributed by atoms with Crippen LogP contribution in [0.4, 0.5) is 5.69 Å². The Hall–Kier alpha value is -1.88. The first kappa shape index (κ1) is 17.0. The van der Waals surface area contributed by atoms with Crippen molar-refractivity contribution in [3.8, 4) is 0 Å². The predicted molar refractivity (Wildman–Crippen MR) is 93.1 cm³/mol. The molecule has 1 N–H and O–H groups in total. The summed E-state index contributed by atoms with van der Waals surface area (Å²) in [6.07, 6.45) is 3.87. The Morgan fingerprint density at radius 3 is 2.79 bits per heavy atom. The number of carbonyl (C=O) groups excluding carboxylic acids is 2. The second kappa shape index (κ2) is 6.93. The van der Waals surface area contributed by atoms with Gasteiger partial charge in [0.1, 0.15) is 0 Å². The van der Waals surface area contributed by atoms with Crippen LogP contribution in [-0.4, -0.2) is 48.1 Å². The third kappa shape index (κ3) is 3.18. The molecule has 0 bridgehead atoms. The Morgan fingerprint density at radius 1 is 1.33 bits per heavy atom. The van der Waals surface area contributed by atoms with Crippen molar-refractivity contribution in [2.24, 2.45) is 5.92 Å².